The van der Waals surface area contributed by atoms with E-state index in [1.54, 1.807) is 43.3 Å². The Balaban J connectivity index is 1.37. The average molecular weight is 561 g/mol. The van der Waals surface area contributed by atoms with E-state index in [0.29, 0.717) is 26.3 Å². The minimum atomic E-state index is -3.68. The van der Waals surface area contributed by atoms with Gasteiger partial charge in [-0.05, 0) is 42.8 Å². The number of nitrogens with zero attached hydrogens (tertiary/aromatic N) is 3. The van der Waals surface area contributed by atoms with Crippen molar-refractivity contribution in [3.8, 4) is 22.2 Å². The molecule has 0 unspecified atom stereocenters. The number of nitrogens with one attached hydrogen (secondary N) is 1. The summed E-state index contributed by atoms with van der Waals surface area (Å²) < 4.78 is 77.6. The third-order valence-corrected chi connectivity index (χ3v) is 7.86. The number of sulfonamides is 1. The molecule has 5 rings (SSSR count). The van der Waals surface area contributed by atoms with E-state index in [-0.39, 0.29) is 35.2 Å². The molecule has 2 heterocycles. The first-order chi connectivity index (χ1) is 18.2. The van der Waals surface area contributed by atoms with E-state index in [9.17, 15) is 21.6 Å². The summed E-state index contributed by atoms with van der Waals surface area (Å²) in [5, 5.41) is 0.456. The number of alkyl halides is 2. The summed E-state index contributed by atoms with van der Waals surface area (Å²) in [5.74, 6) is -0.709. The highest BCUT2D eigenvalue weighted by atomic mass is 32.2. The maximum Gasteiger partial charge on any atom is 0.388 e. The van der Waals surface area contributed by atoms with Crippen molar-refractivity contribution in [3.05, 3.63) is 72.2 Å². The van der Waals surface area contributed by atoms with Gasteiger partial charge in [-0.1, -0.05) is 18.2 Å². The molecule has 0 fully saturated rings. The van der Waals surface area contributed by atoms with Crippen LogP contribution in [0.3, 0.4) is 0 Å². The number of benzene rings is 3. The van der Waals surface area contributed by atoms with Crippen molar-refractivity contribution in [2.24, 2.45) is 0 Å². The lowest BCUT2D eigenvalue weighted by molar-refractivity contribution is -0.0528. The molecule has 5 aromatic rings. The first-order valence-corrected chi connectivity index (χ1v) is 13.5. The molecule has 38 heavy (non-hydrogen) atoms. The van der Waals surface area contributed by atoms with Crippen molar-refractivity contribution in [1.29, 1.82) is 0 Å². The van der Waals surface area contributed by atoms with Gasteiger partial charge in [0.15, 0.2) is 5.82 Å². The van der Waals surface area contributed by atoms with Crippen molar-refractivity contribution in [3.63, 3.8) is 0 Å². The lowest BCUT2D eigenvalue weighted by Gasteiger charge is -2.09. The molecule has 1 N–H and O–H groups in total. The molecule has 13 heteroatoms. The van der Waals surface area contributed by atoms with Gasteiger partial charge in [0, 0.05) is 18.2 Å². The number of ether oxygens (including phenoxy) is 2. The molecule has 0 atom stereocenters. The summed E-state index contributed by atoms with van der Waals surface area (Å²) in [4.78, 5) is 12.9. The molecule has 8 nitrogen and oxygen atoms in total. The van der Waals surface area contributed by atoms with Gasteiger partial charge in [-0.3, -0.25) is 0 Å². The van der Waals surface area contributed by atoms with E-state index < -0.39 is 22.5 Å². The molecule has 0 bridgehead atoms. The van der Waals surface area contributed by atoms with Crippen molar-refractivity contribution in [2.45, 2.75) is 18.4 Å². The number of fused-ring (bicyclic) bond motifs is 2. The fraction of sp³-hybridized carbons (Fsp3) is 0.160. The predicted molar refractivity (Wildman–Crippen MR) is 137 cm³/mol. The van der Waals surface area contributed by atoms with E-state index in [1.165, 1.54) is 29.5 Å². The van der Waals surface area contributed by atoms with Crippen molar-refractivity contribution in [2.75, 3.05) is 13.2 Å². The second kappa shape index (κ2) is 10.5. The van der Waals surface area contributed by atoms with Gasteiger partial charge < -0.3 is 9.47 Å². The normalized spacial score (nSPS) is 11.9. The number of aromatic nitrogens is 3. The Morgan fingerprint density at radius 1 is 1.05 bits per heavy atom. The SMILES string of the molecule is Cc1cc(-c2nc3c(F)cc(OCCNS(=O)(=O)c4ccccc4)cc3s2)c2ncc(OC(F)F)nc2c1. The summed E-state index contributed by atoms with van der Waals surface area (Å²) >= 11 is 1.20. The number of thiazole rings is 1. The van der Waals surface area contributed by atoms with E-state index in [0.717, 1.165) is 11.8 Å². The fourth-order valence-electron chi connectivity index (χ4n) is 3.75. The summed E-state index contributed by atoms with van der Waals surface area (Å²) in [6.07, 6.45) is 1.10. The minimum Gasteiger partial charge on any atom is -0.492 e. The van der Waals surface area contributed by atoms with E-state index in [4.69, 9.17) is 4.74 Å². The molecule has 0 aliphatic rings. The van der Waals surface area contributed by atoms with Crippen LogP contribution in [0.25, 0.3) is 31.8 Å². The molecule has 0 aliphatic carbocycles. The fourth-order valence-corrected chi connectivity index (χ4v) is 5.81. The average Bonchev–Trinajstić information content (AvgIpc) is 3.31. The highest BCUT2D eigenvalue weighted by molar-refractivity contribution is 7.89. The van der Waals surface area contributed by atoms with Crippen molar-refractivity contribution < 1.29 is 31.1 Å². The third-order valence-electron chi connectivity index (χ3n) is 5.35. The molecule has 0 aliphatic heterocycles. The zero-order valence-corrected chi connectivity index (χ0v) is 21.3. The zero-order chi connectivity index (χ0) is 26.9. The van der Waals surface area contributed by atoms with Crippen LogP contribution in [0.4, 0.5) is 13.2 Å². The summed E-state index contributed by atoms with van der Waals surface area (Å²) in [7, 11) is -3.68. The van der Waals surface area contributed by atoms with Gasteiger partial charge in [-0.25, -0.2) is 32.5 Å². The first-order valence-electron chi connectivity index (χ1n) is 11.2. The first kappa shape index (κ1) is 25.8. The molecular weight excluding hydrogens is 541 g/mol. The van der Waals surface area contributed by atoms with Gasteiger partial charge in [0.1, 0.15) is 22.9 Å². The largest absolute Gasteiger partial charge is 0.492 e. The quantitative estimate of drug-likeness (QED) is 0.244. The van der Waals surface area contributed by atoms with Crippen LogP contribution in [0.1, 0.15) is 5.56 Å². The van der Waals surface area contributed by atoms with Gasteiger partial charge in [0.05, 0.1) is 26.8 Å². The monoisotopic (exact) mass is 560 g/mol. The highest BCUT2D eigenvalue weighted by Gasteiger charge is 2.18. The van der Waals surface area contributed by atoms with E-state index >= 15 is 0 Å². The smallest absolute Gasteiger partial charge is 0.388 e. The Bertz CT molecular complexity index is 1730. The molecule has 3 aromatic carbocycles. The van der Waals surface area contributed by atoms with Crippen LogP contribution in [0.5, 0.6) is 11.6 Å². The maximum atomic E-state index is 14.9. The van der Waals surface area contributed by atoms with Gasteiger partial charge >= 0.3 is 6.61 Å². The van der Waals surface area contributed by atoms with Crippen LogP contribution in [-0.4, -0.2) is 43.1 Å². The van der Waals surface area contributed by atoms with Gasteiger partial charge in [0.25, 0.3) is 0 Å². The van der Waals surface area contributed by atoms with Crippen LogP contribution in [0.15, 0.2) is 65.7 Å². The number of halogens is 3. The van der Waals surface area contributed by atoms with Crippen LogP contribution in [0.2, 0.25) is 0 Å². The van der Waals surface area contributed by atoms with Crippen LogP contribution >= 0.6 is 11.3 Å². The molecule has 2 aromatic heterocycles. The number of hydrogen-bond acceptors (Lipinski definition) is 8. The molecule has 0 amide bonds. The molecule has 196 valence electrons. The lowest BCUT2D eigenvalue weighted by atomic mass is 10.1. The molecule has 0 saturated carbocycles. The standard InChI is InChI=1S/C25H19F3N4O4S2/c1-14-9-17(22-19(10-14)31-21(13-29-22)36-25(27)28)24-32-23-18(26)11-15(12-20(23)37-24)35-8-7-30-38(33,34)16-5-3-2-4-6-16/h2-6,9-13,25,30H,7-8H2,1H3. The second-order valence-corrected chi connectivity index (χ2v) is 10.9. The summed E-state index contributed by atoms with van der Waals surface area (Å²) in [5.41, 5.74) is 2.20. The Morgan fingerprint density at radius 3 is 2.61 bits per heavy atom. The molecule has 0 saturated heterocycles. The number of aryl methyl sites for hydroxylation is 1. The number of rotatable bonds is 9. The molecule has 0 spiro atoms. The van der Waals surface area contributed by atoms with Crippen LogP contribution in [0, 0.1) is 12.7 Å². The Morgan fingerprint density at radius 2 is 1.84 bits per heavy atom. The maximum absolute atomic E-state index is 14.9. The lowest BCUT2D eigenvalue weighted by Crippen LogP contribution is -2.28. The predicted octanol–water partition coefficient (Wildman–Crippen LogP) is 5.31. The Hall–Kier alpha value is -3.81. The Kier molecular flexibility index (Phi) is 7.15. The third kappa shape index (κ3) is 5.54. The number of hydrogen-bond donors (Lipinski definition) is 1. The molecule has 0 radical (unpaired) electrons. The van der Waals surface area contributed by atoms with Gasteiger partial charge in [0.2, 0.25) is 15.9 Å². The summed E-state index contributed by atoms with van der Waals surface area (Å²) in [6.45, 7) is -1.27. The topological polar surface area (TPSA) is 103 Å². The van der Waals surface area contributed by atoms with Crippen molar-refractivity contribution in [1.82, 2.24) is 19.7 Å². The van der Waals surface area contributed by atoms with E-state index in [2.05, 4.69) is 24.4 Å². The highest BCUT2D eigenvalue weighted by Crippen LogP contribution is 2.37. The second-order valence-electron chi connectivity index (χ2n) is 8.10. The van der Waals surface area contributed by atoms with Crippen molar-refractivity contribution >= 4 is 42.6 Å². The van der Waals surface area contributed by atoms with Gasteiger partial charge in [-0.2, -0.15) is 8.78 Å². The van der Waals surface area contributed by atoms with Crippen LogP contribution < -0.4 is 14.2 Å². The van der Waals surface area contributed by atoms with E-state index in [1.807, 2.05) is 0 Å². The molecular formula is C25H19F3N4O4S2. The van der Waals surface area contributed by atoms with Crippen LogP contribution in [-0.2, 0) is 10.0 Å². The van der Waals surface area contributed by atoms with Gasteiger partial charge in [-0.15, -0.1) is 11.3 Å². The summed E-state index contributed by atoms with van der Waals surface area (Å²) in [6, 6.07) is 14.2. The Labute approximate surface area is 219 Å². The minimum absolute atomic E-state index is 0.0178. The zero-order valence-electron chi connectivity index (χ0n) is 19.7.